The van der Waals surface area contributed by atoms with Crippen LogP contribution in [0.5, 0.6) is 0 Å². The fourth-order valence-electron chi connectivity index (χ4n) is 1.36. The van der Waals surface area contributed by atoms with E-state index in [0.717, 1.165) is 5.25 Å². The van der Waals surface area contributed by atoms with Gasteiger partial charge in [0.25, 0.3) is 0 Å². The summed E-state index contributed by atoms with van der Waals surface area (Å²) in [7, 11) is 0. The lowest BCUT2D eigenvalue weighted by Gasteiger charge is -2.26. The molecule has 0 aliphatic carbocycles. The van der Waals surface area contributed by atoms with Gasteiger partial charge in [-0.25, -0.2) is 0 Å². The molecular formula is C11H15NS. The van der Waals surface area contributed by atoms with E-state index in [4.69, 9.17) is 0 Å². The zero-order chi connectivity index (χ0) is 9.10. The van der Waals surface area contributed by atoms with Crippen molar-refractivity contribution in [3.8, 4) is 0 Å². The van der Waals surface area contributed by atoms with Crippen LogP contribution >= 0.6 is 11.8 Å². The highest BCUT2D eigenvalue weighted by atomic mass is 32.2. The van der Waals surface area contributed by atoms with Crippen LogP contribution in [0.2, 0.25) is 0 Å². The minimum Gasteiger partial charge on any atom is -0.314 e. The first-order valence-electron chi connectivity index (χ1n) is 4.73. The van der Waals surface area contributed by atoms with Gasteiger partial charge in [0.15, 0.2) is 0 Å². The maximum atomic E-state index is 3.29. The third kappa shape index (κ3) is 2.26. The summed E-state index contributed by atoms with van der Waals surface area (Å²) in [4.78, 5) is 0. The van der Waals surface area contributed by atoms with Crippen LogP contribution in [-0.2, 0) is 5.75 Å². The Morgan fingerprint density at radius 3 is 2.77 bits per heavy atom. The molecule has 0 bridgehead atoms. The summed E-state index contributed by atoms with van der Waals surface area (Å²) in [5, 5.41) is 4.14. The van der Waals surface area contributed by atoms with Crippen LogP contribution < -0.4 is 5.32 Å². The van der Waals surface area contributed by atoms with Crippen molar-refractivity contribution in [1.82, 2.24) is 5.32 Å². The molecule has 1 aromatic rings. The average molecular weight is 193 g/mol. The largest absolute Gasteiger partial charge is 0.314 e. The second-order valence-corrected chi connectivity index (χ2v) is 4.81. The molecule has 0 atom stereocenters. The van der Waals surface area contributed by atoms with Gasteiger partial charge < -0.3 is 5.32 Å². The molecule has 1 N–H and O–H groups in total. The Hall–Kier alpha value is -0.470. The molecule has 0 saturated carbocycles. The molecule has 0 amide bonds. The summed E-state index contributed by atoms with van der Waals surface area (Å²) in [5.41, 5.74) is 2.90. The van der Waals surface area contributed by atoms with Crippen LogP contribution in [-0.4, -0.2) is 18.3 Å². The van der Waals surface area contributed by atoms with Crippen LogP contribution in [0.4, 0.5) is 0 Å². The van der Waals surface area contributed by atoms with E-state index in [9.17, 15) is 0 Å². The van der Waals surface area contributed by atoms with Crippen molar-refractivity contribution in [3.63, 3.8) is 0 Å². The van der Waals surface area contributed by atoms with Crippen molar-refractivity contribution >= 4 is 11.8 Å². The van der Waals surface area contributed by atoms with E-state index < -0.39 is 0 Å². The first-order valence-corrected chi connectivity index (χ1v) is 5.78. The Kier molecular flexibility index (Phi) is 2.91. The predicted molar refractivity (Wildman–Crippen MR) is 59.1 cm³/mol. The molecule has 2 heteroatoms. The zero-order valence-electron chi connectivity index (χ0n) is 7.92. The normalized spacial score (nSPS) is 17.0. The number of nitrogens with one attached hydrogen (secondary N) is 1. The highest BCUT2D eigenvalue weighted by Gasteiger charge is 2.16. The van der Waals surface area contributed by atoms with Crippen molar-refractivity contribution < 1.29 is 0 Å². The molecule has 13 heavy (non-hydrogen) atoms. The van der Waals surface area contributed by atoms with Crippen molar-refractivity contribution in [2.45, 2.75) is 17.9 Å². The summed E-state index contributed by atoms with van der Waals surface area (Å²) in [6, 6.07) is 8.65. The maximum absolute atomic E-state index is 3.29. The quantitative estimate of drug-likeness (QED) is 0.790. The smallest absolute Gasteiger partial charge is 0.0300 e. The predicted octanol–water partition coefficient (Wildman–Crippen LogP) is 2.20. The lowest BCUT2D eigenvalue weighted by Crippen LogP contribution is -2.44. The minimum atomic E-state index is 0.847. The molecule has 1 aliphatic heterocycles. The van der Waals surface area contributed by atoms with Gasteiger partial charge in [-0.1, -0.05) is 24.3 Å². The number of thioether (sulfide) groups is 1. The average Bonchev–Trinajstić information content (AvgIpc) is 2.05. The van der Waals surface area contributed by atoms with Crippen molar-refractivity contribution in [1.29, 1.82) is 0 Å². The van der Waals surface area contributed by atoms with Crippen LogP contribution in [0.3, 0.4) is 0 Å². The van der Waals surface area contributed by atoms with Gasteiger partial charge >= 0.3 is 0 Å². The molecule has 1 fully saturated rings. The summed E-state index contributed by atoms with van der Waals surface area (Å²) in [5.74, 6) is 1.17. The number of hydrogen-bond donors (Lipinski definition) is 1. The van der Waals surface area contributed by atoms with Gasteiger partial charge in [-0.05, 0) is 18.1 Å². The molecule has 70 valence electrons. The molecular weight excluding hydrogens is 178 g/mol. The van der Waals surface area contributed by atoms with Crippen LogP contribution in [0.25, 0.3) is 0 Å². The zero-order valence-corrected chi connectivity index (χ0v) is 8.73. The monoisotopic (exact) mass is 193 g/mol. The lowest BCUT2D eigenvalue weighted by atomic mass is 10.1. The number of rotatable bonds is 3. The maximum Gasteiger partial charge on any atom is 0.0300 e. The standard InChI is InChI=1S/C11H15NS/c1-9-4-2-3-5-10(9)8-13-11-6-12-7-11/h2-5,11-12H,6-8H2,1H3. The molecule has 0 radical (unpaired) electrons. The van der Waals surface area contributed by atoms with E-state index in [0.29, 0.717) is 0 Å². The van der Waals surface area contributed by atoms with Gasteiger partial charge in [-0.3, -0.25) is 0 Å². The summed E-state index contributed by atoms with van der Waals surface area (Å²) in [6.07, 6.45) is 0. The molecule has 1 aromatic carbocycles. The van der Waals surface area contributed by atoms with E-state index in [1.165, 1.54) is 30.0 Å². The van der Waals surface area contributed by atoms with E-state index in [1.54, 1.807) is 0 Å². The Labute approximate surface area is 83.9 Å². The van der Waals surface area contributed by atoms with E-state index in [2.05, 4.69) is 48.3 Å². The van der Waals surface area contributed by atoms with Crippen molar-refractivity contribution in [2.24, 2.45) is 0 Å². The summed E-state index contributed by atoms with van der Waals surface area (Å²) >= 11 is 2.07. The summed E-state index contributed by atoms with van der Waals surface area (Å²) < 4.78 is 0. The van der Waals surface area contributed by atoms with E-state index in [-0.39, 0.29) is 0 Å². The molecule has 2 rings (SSSR count). The van der Waals surface area contributed by atoms with Crippen molar-refractivity contribution in [2.75, 3.05) is 13.1 Å². The van der Waals surface area contributed by atoms with Gasteiger partial charge in [-0.15, -0.1) is 0 Å². The number of hydrogen-bond acceptors (Lipinski definition) is 2. The second-order valence-electron chi connectivity index (χ2n) is 3.52. The Balaban J connectivity index is 1.89. The highest BCUT2D eigenvalue weighted by molar-refractivity contribution is 7.99. The van der Waals surface area contributed by atoms with Gasteiger partial charge in [0.1, 0.15) is 0 Å². The highest BCUT2D eigenvalue weighted by Crippen LogP contribution is 2.21. The van der Waals surface area contributed by atoms with Crippen LogP contribution in [0, 0.1) is 6.92 Å². The number of aryl methyl sites for hydroxylation is 1. The number of benzene rings is 1. The molecule has 0 unspecified atom stereocenters. The lowest BCUT2D eigenvalue weighted by molar-refractivity contribution is 0.543. The van der Waals surface area contributed by atoms with Crippen LogP contribution in [0.1, 0.15) is 11.1 Å². The summed E-state index contributed by atoms with van der Waals surface area (Å²) in [6.45, 7) is 4.57. The molecule has 1 heterocycles. The van der Waals surface area contributed by atoms with E-state index >= 15 is 0 Å². The third-order valence-electron chi connectivity index (χ3n) is 2.48. The van der Waals surface area contributed by atoms with Gasteiger partial charge in [-0.2, -0.15) is 11.8 Å². The molecule has 1 nitrogen and oxygen atoms in total. The van der Waals surface area contributed by atoms with Gasteiger partial charge in [0.05, 0.1) is 0 Å². The third-order valence-corrected chi connectivity index (χ3v) is 3.76. The topological polar surface area (TPSA) is 12.0 Å². The Morgan fingerprint density at radius 1 is 1.38 bits per heavy atom. The second kappa shape index (κ2) is 4.16. The first kappa shape index (κ1) is 9.10. The SMILES string of the molecule is Cc1ccccc1CSC1CNC1. The Bertz CT molecular complexity index is 281. The fraction of sp³-hybridized carbons (Fsp3) is 0.455. The van der Waals surface area contributed by atoms with Crippen LogP contribution in [0.15, 0.2) is 24.3 Å². The Morgan fingerprint density at radius 2 is 2.15 bits per heavy atom. The van der Waals surface area contributed by atoms with Gasteiger partial charge in [0.2, 0.25) is 0 Å². The first-order chi connectivity index (χ1) is 6.36. The fourth-order valence-corrected chi connectivity index (χ4v) is 2.57. The van der Waals surface area contributed by atoms with Gasteiger partial charge in [0, 0.05) is 24.1 Å². The van der Waals surface area contributed by atoms with E-state index in [1.807, 2.05) is 0 Å². The van der Waals surface area contributed by atoms with Crippen molar-refractivity contribution in [3.05, 3.63) is 35.4 Å². The molecule has 1 saturated heterocycles. The minimum absolute atomic E-state index is 0.847. The molecule has 0 spiro atoms. The molecule has 1 aliphatic rings. The molecule has 0 aromatic heterocycles.